The van der Waals surface area contributed by atoms with E-state index in [1.54, 1.807) is 0 Å². The molecule has 2 amide bonds. The summed E-state index contributed by atoms with van der Waals surface area (Å²) in [4.78, 5) is 33.6. The van der Waals surface area contributed by atoms with Gasteiger partial charge in [0.15, 0.2) is 0 Å². The van der Waals surface area contributed by atoms with Crippen molar-refractivity contribution < 1.29 is 9.59 Å². The average molecular weight is 457 g/mol. The van der Waals surface area contributed by atoms with Gasteiger partial charge in [-0.15, -0.1) is 5.10 Å². The lowest BCUT2D eigenvalue weighted by Gasteiger charge is -2.34. The number of hydrogen-bond donors (Lipinski definition) is 2. The van der Waals surface area contributed by atoms with Crippen LogP contribution in [0.1, 0.15) is 49.9 Å². The van der Waals surface area contributed by atoms with Crippen LogP contribution in [-0.2, 0) is 16.0 Å². The molecule has 1 aromatic heterocycles. The zero-order valence-electron chi connectivity index (χ0n) is 18.7. The van der Waals surface area contributed by atoms with Crippen LogP contribution in [-0.4, -0.2) is 75.3 Å². The van der Waals surface area contributed by atoms with E-state index in [9.17, 15) is 9.59 Å². The Labute approximate surface area is 193 Å². The first kappa shape index (κ1) is 22.8. The Morgan fingerprint density at radius 2 is 1.91 bits per heavy atom. The maximum atomic E-state index is 12.6. The molecule has 1 aliphatic heterocycles. The molecule has 4 rings (SSSR count). The third kappa shape index (κ3) is 5.89. The number of anilines is 1. The van der Waals surface area contributed by atoms with Gasteiger partial charge in [0.05, 0.1) is 12.3 Å². The molecule has 0 unspecified atom stereocenters. The van der Waals surface area contributed by atoms with Crippen LogP contribution in [0.2, 0.25) is 0 Å². The Kier molecular flexibility index (Phi) is 7.81. The maximum Gasteiger partial charge on any atom is 0.238 e. The zero-order valence-corrected chi connectivity index (χ0v) is 19.5. The van der Waals surface area contributed by atoms with Gasteiger partial charge in [0.1, 0.15) is 5.82 Å². The SMILES string of the molecule is CCc1ccccc1NC(=O)CN1CCN(C(=O)CSc2n[nH]c(C3CCCC3)n2)CC1. The Balaban J connectivity index is 1.18. The Hall–Kier alpha value is -2.39. The van der Waals surface area contributed by atoms with E-state index in [0.717, 1.165) is 23.5 Å². The number of carbonyl (C=O) groups is 2. The van der Waals surface area contributed by atoms with Crippen LogP contribution in [0.25, 0.3) is 0 Å². The molecule has 1 aliphatic carbocycles. The third-order valence-electron chi connectivity index (χ3n) is 6.31. The van der Waals surface area contributed by atoms with E-state index >= 15 is 0 Å². The normalized spacial score (nSPS) is 17.6. The highest BCUT2D eigenvalue weighted by Gasteiger charge is 2.24. The largest absolute Gasteiger partial charge is 0.339 e. The molecule has 2 aliphatic rings. The lowest BCUT2D eigenvalue weighted by atomic mass is 10.1. The van der Waals surface area contributed by atoms with Crippen molar-refractivity contribution in [2.45, 2.75) is 50.1 Å². The van der Waals surface area contributed by atoms with Crippen LogP contribution in [0.15, 0.2) is 29.4 Å². The molecule has 0 bridgehead atoms. The van der Waals surface area contributed by atoms with Crippen LogP contribution in [0.5, 0.6) is 0 Å². The molecular weight excluding hydrogens is 424 g/mol. The highest BCUT2D eigenvalue weighted by molar-refractivity contribution is 7.99. The van der Waals surface area contributed by atoms with E-state index in [2.05, 4.69) is 32.3 Å². The monoisotopic (exact) mass is 456 g/mol. The van der Waals surface area contributed by atoms with E-state index in [-0.39, 0.29) is 11.8 Å². The molecule has 2 fully saturated rings. The summed E-state index contributed by atoms with van der Waals surface area (Å²) in [5.74, 6) is 1.89. The van der Waals surface area contributed by atoms with Crippen molar-refractivity contribution in [3.05, 3.63) is 35.7 Å². The lowest BCUT2D eigenvalue weighted by Crippen LogP contribution is -2.50. The van der Waals surface area contributed by atoms with Gasteiger partial charge in [-0.1, -0.05) is 49.7 Å². The molecule has 0 atom stereocenters. The Morgan fingerprint density at radius 3 is 2.66 bits per heavy atom. The van der Waals surface area contributed by atoms with Gasteiger partial charge in [0.2, 0.25) is 17.0 Å². The molecule has 2 N–H and O–H groups in total. The Bertz CT molecular complexity index is 919. The van der Waals surface area contributed by atoms with Crippen LogP contribution in [0, 0.1) is 0 Å². The molecule has 172 valence electrons. The van der Waals surface area contributed by atoms with Gasteiger partial charge in [-0.25, -0.2) is 4.98 Å². The standard InChI is InChI=1S/C23H32N6O2S/c1-2-17-7-5-6-10-19(17)24-20(30)15-28-11-13-29(14-12-28)21(31)16-32-23-25-22(26-27-23)18-8-3-4-9-18/h5-7,10,18H,2-4,8-9,11-16H2,1H3,(H,24,30)(H,25,26,27). The summed E-state index contributed by atoms with van der Waals surface area (Å²) in [6.07, 6.45) is 5.74. The summed E-state index contributed by atoms with van der Waals surface area (Å²) < 4.78 is 0. The minimum Gasteiger partial charge on any atom is -0.339 e. The third-order valence-corrected chi connectivity index (χ3v) is 7.15. The van der Waals surface area contributed by atoms with Crippen LogP contribution >= 0.6 is 11.8 Å². The molecule has 1 aromatic carbocycles. The summed E-state index contributed by atoms with van der Waals surface area (Å²) in [5.41, 5.74) is 2.02. The van der Waals surface area contributed by atoms with Crippen molar-refractivity contribution in [2.75, 3.05) is 43.8 Å². The van der Waals surface area contributed by atoms with Crippen LogP contribution in [0.3, 0.4) is 0 Å². The first-order valence-electron chi connectivity index (χ1n) is 11.6. The number of para-hydroxylation sites is 1. The number of thioether (sulfide) groups is 1. The molecule has 0 spiro atoms. The molecule has 2 heterocycles. The van der Waals surface area contributed by atoms with Gasteiger partial charge in [-0.2, -0.15) is 0 Å². The van der Waals surface area contributed by atoms with Gasteiger partial charge < -0.3 is 10.2 Å². The zero-order chi connectivity index (χ0) is 22.3. The van der Waals surface area contributed by atoms with Crippen LogP contribution in [0.4, 0.5) is 5.69 Å². The minimum absolute atomic E-state index is 0.0103. The molecule has 9 heteroatoms. The predicted octanol–water partition coefficient (Wildman–Crippen LogP) is 2.90. The number of aromatic nitrogens is 3. The van der Waals surface area contributed by atoms with E-state index < -0.39 is 0 Å². The number of H-pyrrole nitrogens is 1. The topological polar surface area (TPSA) is 94.2 Å². The fourth-order valence-corrected chi connectivity index (χ4v) is 5.13. The molecule has 32 heavy (non-hydrogen) atoms. The molecule has 1 saturated heterocycles. The van der Waals surface area contributed by atoms with E-state index in [4.69, 9.17) is 0 Å². The van der Waals surface area contributed by atoms with Gasteiger partial charge in [-0.3, -0.25) is 19.6 Å². The lowest BCUT2D eigenvalue weighted by molar-refractivity contribution is -0.130. The van der Waals surface area contributed by atoms with Gasteiger partial charge in [0.25, 0.3) is 0 Å². The number of benzene rings is 1. The number of aryl methyl sites for hydroxylation is 1. The van der Waals surface area contributed by atoms with Crippen molar-refractivity contribution in [3.63, 3.8) is 0 Å². The number of aromatic amines is 1. The van der Waals surface area contributed by atoms with E-state index in [1.807, 2.05) is 29.2 Å². The van der Waals surface area contributed by atoms with Crippen molar-refractivity contribution in [3.8, 4) is 0 Å². The van der Waals surface area contributed by atoms with Gasteiger partial charge >= 0.3 is 0 Å². The van der Waals surface area contributed by atoms with E-state index in [1.165, 1.54) is 37.4 Å². The van der Waals surface area contributed by atoms with Crippen molar-refractivity contribution in [1.82, 2.24) is 25.0 Å². The number of amides is 2. The Morgan fingerprint density at radius 1 is 1.16 bits per heavy atom. The first-order chi connectivity index (χ1) is 15.6. The fourth-order valence-electron chi connectivity index (χ4n) is 4.42. The van der Waals surface area contributed by atoms with E-state index in [0.29, 0.717) is 49.6 Å². The number of nitrogens with zero attached hydrogens (tertiary/aromatic N) is 4. The minimum atomic E-state index is -0.0103. The number of hydrogen-bond acceptors (Lipinski definition) is 6. The molecule has 0 radical (unpaired) electrons. The highest BCUT2D eigenvalue weighted by atomic mass is 32.2. The van der Waals surface area contributed by atoms with Crippen molar-refractivity contribution in [2.24, 2.45) is 0 Å². The summed E-state index contributed by atoms with van der Waals surface area (Å²) in [6, 6.07) is 7.90. The smallest absolute Gasteiger partial charge is 0.238 e. The number of carbonyl (C=O) groups excluding carboxylic acids is 2. The summed E-state index contributed by atoms with van der Waals surface area (Å²) >= 11 is 1.40. The van der Waals surface area contributed by atoms with Gasteiger partial charge in [-0.05, 0) is 30.9 Å². The molecular formula is C23H32N6O2S. The predicted molar refractivity (Wildman–Crippen MR) is 126 cm³/mol. The second-order valence-electron chi connectivity index (χ2n) is 8.49. The van der Waals surface area contributed by atoms with Crippen LogP contribution < -0.4 is 5.32 Å². The first-order valence-corrected chi connectivity index (χ1v) is 12.5. The molecule has 2 aromatic rings. The second kappa shape index (κ2) is 11.0. The number of rotatable bonds is 8. The van der Waals surface area contributed by atoms with Crippen molar-refractivity contribution in [1.29, 1.82) is 0 Å². The number of nitrogens with one attached hydrogen (secondary N) is 2. The summed E-state index contributed by atoms with van der Waals surface area (Å²) in [5, 5.41) is 11.0. The van der Waals surface area contributed by atoms with Crippen molar-refractivity contribution >= 4 is 29.3 Å². The average Bonchev–Trinajstić information content (AvgIpc) is 3.50. The fraction of sp³-hybridized carbons (Fsp3) is 0.565. The quantitative estimate of drug-likeness (QED) is 0.593. The summed E-state index contributed by atoms with van der Waals surface area (Å²) in [7, 11) is 0. The molecule has 1 saturated carbocycles. The number of piperazine rings is 1. The van der Waals surface area contributed by atoms with Gasteiger partial charge in [0, 0.05) is 37.8 Å². The highest BCUT2D eigenvalue weighted by Crippen LogP contribution is 2.32. The second-order valence-corrected chi connectivity index (χ2v) is 9.43. The maximum absolute atomic E-state index is 12.6. The molecule has 8 nitrogen and oxygen atoms in total. The summed E-state index contributed by atoms with van der Waals surface area (Å²) in [6.45, 7) is 5.10.